The van der Waals surface area contributed by atoms with E-state index in [-0.39, 0.29) is 17.4 Å². The number of benzene rings is 2. The standard InChI is InChI=1S/C32H35ClN4O3/c1-18-22-17-23-24-15-19-7-8-25(39-3)29-26(19)32(23,9-10-35(24)2)30(40-29)28(22)34-27(18)31(38)37-13-11-36(12-14-37)21-6-4-5-20(33)16-21/h4-8,16,23-24,30,34H,9-15,17H2,1-3H3/t23?,24-,30-,32-/m0/s1. The number of aromatic nitrogens is 1. The van der Waals surface area contributed by atoms with E-state index >= 15 is 0 Å². The molecule has 1 aromatic heterocycles. The number of rotatable bonds is 3. The summed E-state index contributed by atoms with van der Waals surface area (Å²) < 4.78 is 12.7. The van der Waals surface area contributed by atoms with E-state index in [0.717, 1.165) is 78.1 Å². The molecule has 8 heteroatoms. The summed E-state index contributed by atoms with van der Waals surface area (Å²) in [6, 6.07) is 12.7. The third kappa shape index (κ3) is 3.19. The lowest BCUT2D eigenvalue weighted by Gasteiger charge is -2.57. The number of aromatic amines is 1. The van der Waals surface area contributed by atoms with E-state index in [1.54, 1.807) is 7.11 Å². The topological polar surface area (TPSA) is 61.0 Å². The van der Waals surface area contributed by atoms with Gasteiger partial charge in [0.15, 0.2) is 11.5 Å². The van der Waals surface area contributed by atoms with Gasteiger partial charge in [-0.05, 0) is 86.7 Å². The molecule has 7 nitrogen and oxygen atoms in total. The molecule has 1 amide bonds. The lowest BCUT2D eigenvalue weighted by atomic mass is 9.51. The molecule has 5 aliphatic rings. The normalized spacial score (nSPS) is 28.1. The van der Waals surface area contributed by atoms with Crippen molar-refractivity contribution in [2.45, 2.75) is 43.7 Å². The van der Waals surface area contributed by atoms with Gasteiger partial charge in [0.05, 0.1) is 12.8 Å². The number of amides is 1. The molecule has 2 aliphatic carbocycles. The first-order valence-corrected chi connectivity index (χ1v) is 14.9. The lowest BCUT2D eigenvalue weighted by Crippen LogP contribution is -2.62. The number of fused-ring (bicyclic) bond motifs is 2. The zero-order valence-electron chi connectivity index (χ0n) is 23.3. The molecule has 1 spiro atoms. The maximum atomic E-state index is 14.0. The summed E-state index contributed by atoms with van der Waals surface area (Å²) in [7, 11) is 4.00. The number of hydrogen-bond acceptors (Lipinski definition) is 5. The fraction of sp³-hybridized carbons (Fsp3) is 0.469. The van der Waals surface area contributed by atoms with E-state index in [0.29, 0.717) is 25.0 Å². The van der Waals surface area contributed by atoms with Crippen LogP contribution in [0.2, 0.25) is 5.02 Å². The summed E-state index contributed by atoms with van der Waals surface area (Å²) in [5.74, 6) is 2.27. The van der Waals surface area contributed by atoms with Crippen LogP contribution in [0.5, 0.6) is 11.5 Å². The van der Waals surface area contributed by atoms with Crippen molar-refractivity contribution in [1.82, 2.24) is 14.8 Å². The Labute approximate surface area is 240 Å². The number of nitrogens with one attached hydrogen (secondary N) is 1. The number of hydrogen-bond donors (Lipinski definition) is 1. The van der Waals surface area contributed by atoms with Crippen molar-refractivity contribution < 1.29 is 14.3 Å². The van der Waals surface area contributed by atoms with Crippen LogP contribution in [-0.2, 0) is 18.3 Å². The van der Waals surface area contributed by atoms with Crippen molar-refractivity contribution in [3.05, 3.63) is 75.1 Å². The highest BCUT2D eigenvalue weighted by Gasteiger charge is 2.65. The number of piperazine rings is 1. The van der Waals surface area contributed by atoms with Gasteiger partial charge in [-0.25, -0.2) is 0 Å². The highest BCUT2D eigenvalue weighted by Crippen LogP contribution is 2.67. The molecule has 4 atom stereocenters. The van der Waals surface area contributed by atoms with Crippen molar-refractivity contribution in [2.75, 3.05) is 51.8 Å². The summed E-state index contributed by atoms with van der Waals surface area (Å²) in [5, 5.41) is 0.736. The first-order valence-electron chi connectivity index (χ1n) is 14.5. The largest absolute Gasteiger partial charge is 0.493 e. The van der Waals surface area contributed by atoms with Crippen LogP contribution < -0.4 is 14.4 Å². The summed E-state index contributed by atoms with van der Waals surface area (Å²) in [4.78, 5) is 24.5. The van der Waals surface area contributed by atoms with Crippen LogP contribution in [0.4, 0.5) is 5.69 Å². The third-order valence-corrected chi connectivity index (χ3v) is 10.9. The molecule has 40 heavy (non-hydrogen) atoms. The average Bonchev–Trinajstić information content (AvgIpc) is 3.49. The highest BCUT2D eigenvalue weighted by molar-refractivity contribution is 6.30. The minimum absolute atomic E-state index is 0.0815. The molecular weight excluding hydrogens is 524 g/mol. The van der Waals surface area contributed by atoms with E-state index in [1.807, 2.05) is 23.1 Å². The fourth-order valence-corrected chi connectivity index (χ4v) is 8.83. The van der Waals surface area contributed by atoms with E-state index < -0.39 is 0 Å². The van der Waals surface area contributed by atoms with Crippen LogP contribution in [0.25, 0.3) is 0 Å². The van der Waals surface area contributed by atoms with Crippen molar-refractivity contribution >= 4 is 23.2 Å². The Morgan fingerprint density at radius 3 is 2.73 bits per heavy atom. The number of carbonyl (C=O) groups excluding carboxylic acids is 1. The Kier molecular flexibility index (Phi) is 5.34. The second-order valence-corrected chi connectivity index (χ2v) is 12.7. The van der Waals surface area contributed by atoms with Crippen molar-refractivity contribution in [1.29, 1.82) is 0 Å². The molecule has 2 fully saturated rings. The molecule has 4 heterocycles. The van der Waals surface area contributed by atoms with Crippen LogP contribution >= 0.6 is 11.6 Å². The monoisotopic (exact) mass is 558 g/mol. The number of H-pyrrole nitrogens is 1. The maximum absolute atomic E-state index is 14.0. The smallest absolute Gasteiger partial charge is 0.270 e. The van der Waals surface area contributed by atoms with E-state index in [1.165, 1.54) is 16.7 Å². The molecule has 1 N–H and O–H groups in total. The number of nitrogens with zero attached hydrogens (tertiary/aromatic N) is 3. The molecule has 8 rings (SSSR count). The molecule has 1 unspecified atom stereocenters. The van der Waals surface area contributed by atoms with Gasteiger partial charge in [0.1, 0.15) is 11.8 Å². The van der Waals surface area contributed by atoms with Crippen LogP contribution in [0.1, 0.15) is 51.0 Å². The second-order valence-electron chi connectivity index (χ2n) is 12.3. The minimum atomic E-state index is -0.122. The lowest BCUT2D eigenvalue weighted by molar-refractivity contribution is -0.0256. The summed E-state index contributed by atoms with van der Waals surface area (Å²) in [5.41, 5.74) is 7.99. The second kappa shape index (κ2) is 8.67. The van der Waals surface area contributed by atoms with Gasteiger partial charge in [-0.2, -0.15) is 0 Å². The number of carbonyl (C=O) groups is 1. The van der Waals surface area contributed by atoms with Gasteiger partial charge in [0.2, 0.25) is 0 Å². The van der Waals surface area contributed by atoms with Crippen molar-refractivity contribution in [3.8, 4) is 11.5 Å². The number of ether oxygens (including phenoxy) is 2. The van der Waals surface area contributed by atoms with Gasteiger partial charge in [0.25, 0.3) is 5.91 Å². The number of piperidine rings is 1. The molecule has 3 aliphatic heterocycles. The molecular formula is C32H35ClN4O3. The van der Waals surface area contributed by atoms with Crippen LogP contribution in [0, 0.1) is 12.8 Å². The average molecular weight is 559 g/mol. The SMILES string of the molecule is COc1ccc2c3c1O[C@H]1c4[nH]c(C(=O)N5CCN(c6cccc(Cl)c6)CC5)c(C)c4CC4[C@H](C2)N(C)CC[C@@]341. The molecule has 208 valence electrons. The quantitative estimate of drug-likeness (QED) is 0.503. The third-order valence-electron chi connectivity index (χ3n) is 10.6. The number of anilines is 1. The zero-order valence-corrected chi connectivity index (χ0v) is 24.1. The molecule has 2 aromatic carbocycles. The predicted octanol–water partition coefficient (Wildman–Crippen LogP) is 4.75. The van der Waals surface area contributed by atoms with Crippen molar-refractivity contribution in [3.63, 3.8) is 0 Å². The van der Waals surface area contributed by atoms with E-state index in [2.05, 4.69) is 47.0 Å². The highest BCUT2D eigenvalue weighted by atomic mass is 35.5. The Bertz CT molecular complexity index is 1540. The van der Waals surface area contributed by atoms with Gasteiger partial charge >= 0.3 is 0 Å². The summed E-state index contributed by atoms with van der Waals surface area (Å²) in [6.07, 6.45) is 2.93. The molecule has 0 radical (unpaired) electrons. The van der Waals surface area contributed by atoms with Crippen LogP contribution in [-0.4, -0.2) is 73.6 Å². The minimum Gasteiger partial charge on any atom is -0.493 e. The van der Waals surface area contributed by atoms with Gasteiger partial charge in [-0.1, -0.05) is 23.7 Å². The van der Waals surface area contributed by atoms with Gasteiger partial charge < -0.3 is 29.2 Å². The van der Waals surface area contributed by atoms with Crippen molar-refractivity contribution in [2.24, 2.45) is 5.92 Å². The van der Waals surface area contributed by atoms with Gasteiger partial charge in [-0.15, -0.1) is 0 Å². The van der Waals surface area contributed by atoms with Crippen LogP contribution in [0.15, 0.2) is 36.4 Å². The van der Waals surface area contributed by atoms with E-state index in [9.17, 15) is 4.79 Å². The first-order chi connectivity index (χ1) is 19.4. The fourth-order valence-electron chi connectivity index (χ4n) is 8.65. The Balaban J connectivity index is 1.14. The number of methoxy groups -OCH3 is 1. The van der Waals surface area contributed by atoms with Gasteiger partial charge in [-0.3, -0.25) is 4.79 Å². The van der Waals surface area contributed by atoms with E-state index in [4.69, 9.17) is 21.1 Å². The number of halogens is 1. The predicted molar refractivity (Wildman–Crippen MR) is 155 cm³/mol. The summed E-state index contributed by atoms with van der Waals surface area (Å²) in [6.45, 7) is 6.11. The Morgan fingerprint density at radius 2 is 1.95 bits per heavy atom. The molecule has 3 aromatic rings. The molecule has 2 saturated heterocycles. The summed E-state index contributed by atoms with van der Waals surface area (Å²) >= 11 is 6.23. The van der Waals surface area contributed by atoms with Crippen LogP contribution in [0.3, 0.4) is 0 Å². The zero-order chi connectivity index (χ0) is 27.3. The molecule has 2 bridgehead atoms. The number of likely N-dealkylation sites (N-methyl/N-ethyl adjacent to an activating group) is 1. The Hall–Kier alpha value is -3.16. The maximum Gasteiger partial charge on any atom is 0.270 e. The Morgan fingerprint density at radius 1 is 1.12 bits per heavy atom. The first kappa shape index (κ1) is 24.6. The van der Waals surface area contributed by atoms with Gasteiger partial charge in [0, 0.05) is 53.9 Å². The molecule has 0 saturated carbocycles. The number of likely N-dealkylation sites (tertiary alicyclic amines) is 1.